The van der Waals surface area contributed by atoms with Crippen molar-refractivity contribution >= 4 is 5.91 Å². The first-order valence-corrected chi connectivity index (χ1v) is 10.00. The highest BCUT2D eigenvalue weighted by Gasteiger charge is 2.32. The zero-order chi connectivity index (χ0) is 20.1. The molecular formula is C21H25N5O3. The number of nitrogens with zero attached hydrogens (tertiary/aromatic N) is 5. The van der Waals surface area contributed by atoms with Crippen molar-refractivity contribution in [3.05, 3.63) is 65.6 Å². The lowest BCUT2D eigenvalue weighted by molar-refractivity contribution is 0.0783. The van der Waals surface area contributed by atoms with Gasteiger partial charge in [-0.25, -0.2) is 0 Å². The van der Waals surface area contributed by atoms with Gasteiger partial charge in [-0.1, -0.05) is 35.5 Å². The molecule has 1 atom stereocenters. The van der Waals surface area contributed by atoms with Crippen molar-refractivity contribution in [2.75, 3.05) is 19.7 Å². The average Bonchev–Trinajstić information content (AvgIpc) is 3.51. The number of amides is 1. The Morgan fingerprint density at radius 1 is 1.28 bits per heavy atom. The maximum atomic E-state index is 12.6. The molecule has 1 amide bonds. The van der Waals surface area contributed by atoms with Crippen LogP contribution in [0.5, 0.6) is 0 Å². The molecule has 0 N–H and O–H groups in total. The number of carbonyl (C=O) groups excluding carboxylic acids is 1. The Bertz CT molecular complexity index is 937. The highest BCUT2D eigenvalue weighted by atomic mass is 16.5. The third-order valence-electron chi connectivity index (χ3n) is 5.07. The molecule has 1 unspecified atom stereocenters. The Balaban J connectivity index is 1.25. The van der Waals surface area contributed by atoms with Gasteiger partial charge >= 0.3 is 0 Å². The summed E-state index contributed by atoms with van der Waals surface area (Å²) in [6.07, 6.45) is 3.23. The molecule has 0 spiro atoms. The molecule has 1 saturated heterocycles. The fraction of sp³-hybridized carbons (Fsp3) is 0.429. The Morgan fingerprint density at radius 3 is 2.93 bits per heavy atom. The number of hydrogen-bond donors (Lipinski definition) is 0. The summed E-state index contributed by atoms with van der Waals surface area (Å²) in [5.41, 5.74) is 1.62. The van der Waals surface area contributed by atoms with Crippen LogP contribution in [-0.2, 0) is 24.3 Å². The van der Waals surface area contributed by atoms with Crippen molar-refractivity contribution in [1.82, 2.24) is 24.8 Å². The molecule has 1 aliphatic rings. The lowest BCUT2D eigenvalue weighted by Crippen LogP contribution is -2.29. The Labute approximate surface area is 169 Å². The first-order valence-electron chi connectivity index (χ1n) is 10.00. The zero-order valence-corrected chi connectivity index (χ0v) is 16.5. The molecule has 3 aromatic rings. The standard InChI is InChI=1S/C21H25N5O3/c1-2-26-12-9-18(23-26)21(27)25-11-8-17(14-25)20-22-19(24-29-20)10-13-28-15-16-6-4-3-5-7-16/h3-7,9,12,17H,2,8,10-11,13-15H2,1H3. The van der Waals surface area contributed by atoms with E-state index >= 15 is 0 Å². The van der Waals surface area contributed by atoms with Crippen LogP contribution in [0.1, 0.15) is 47.0 Å². The molecule has 0 bridgehead atoms. The third-order valence-corrected chi connectivity index (χ3v) is 5.07. The average molecular weight is 395 g/mol. The molecule has 0 radical (unpaired) electrons. The summed E-state index contributed by atoms with van der Waals surface area (Å²) >= 11 is 0. The van der Waals surface area contributed by atoms with E-state index in [1.54, 1.807) is 15.6 Å². The van der Waals surface area contributed by atoms with Gasteiger partial charge in [0.05, 0.1) is 19.1 Å². The van der Waals surface area contributed by atoms with Crippen LogP contribution in [0.25, 0.3) is 0 Å². The summed E-state index contributed by atoms with van der Waals surface area (Å²) in [6, 6.07) is 11.8. The van der Waals surface area contributed by atoms with Crippen LogP contribution in [0.3, 0.4) is 0 Å². The number of benzene rings is 1. The Hall–Kier alpha value is -3.00. The van der Waals surface area contributed by atoms with Gasteiger partial charge in [0, 0.05) is 32.3 Å². The molecule has 1 aromatic carbocycles. The number of ether oxygens (including phenoxy) is 1. The maximum Gasteiger partial charge on any atom is 0.274 e. The monoisotopic (exact) mass is 395 g/mol. The number of likely N-dealkylation sites (tertiary alicyclic amines) is 1. The van der Waals surface area contributed by atoms with Gasteiger partial charge in [0.1, 0.15) is 5.69 Å². The predicted molar refractivity (Wildman–Crippen MR) is 105 cm³/mol. The largest absolute Gasteiger partial charge is 0.376 e. The second-order valence-corrected chi connectivity index (χ2v) is 7.13. The van der Waals surface area contributed by atoms with E-state index in [0.717, 1.165) is 18.5 Å². The fourth-order valence-corrected chi connectivity index (χ4v) is 3.42. The lowest BCUT2D eigenvalue weighted by Gasteiger charge is -2.13. The lowest BCUT2D eigenvalue weighted by atomic mass is 10.1. The number of rotatable bonds is 8. The molecule has 29 heavy (non-hydrogen) atoms. The number of aryl methyl sites for hydroxylation is 1. The van der Waals surface area contributed by atoms with Crippen molar-refractivity contribution < 1.29 is 14.1 Å². The van der Waals surface area contributed by atoms with Crippen LogP contribution in [0.4, 0.5) is 0 Å². The van der Waals surface area contributed by atoms with Gasteiger partial charge in [-0.15, -0.1) is 0 Å². The second kappa shape index (κ2) is 9.00. The van der Waals surface area contributed by atoms with E-state index in [4.69, 9.17) is 9.26 Å². The van der Waals surface area contributed by atoms with Gasteiger partial charge < -0.3 is 14.2 Å². The molecule has 8 heteroatoms. The van der Waals surface area contributed by atoms with E-state index in [2.05, 4.69) is 15.2 Å². The summed E-state index contributed by atoms with van der Waals surface area (Å²) in [6.45, 7) is 5.08. The van der Waals surface area contributed by atoms with Crippen LogP contribution in [0.15, 0.2) is 47.1 Å². The summed E-state index contributed by atoms with van der Waals surface area (Å²) in [4.78, 5) is 18.9. The molecule has 8 nitrogen and oxygen atoms in total. The summed E-state index contributed by atoms with van der Waals surface area (Å²) < 4.78 is 12.9. The first-order chi connectivity index (χ1) is 14.2. The molecule has 0 saturated carbocycles. The minimum atomic E-state index is -0.0475. The van der Waals surface area contributed by atoms with Gasteiger partial charge in [0.15, 0.2) is 5.82 Å². The smallest absolute Gasteiger partial charge is 0.274 e. The molecule has 152 valence electrons. The van der Waals surface area contributed by atoms with Crippen LogP contribution in [0.2, 0.25) is 0 Å². The number of hydrogen-bond acceptors (Lipinski definition) is 6. The SMILES string of the molecule is CCn1ccc(C(=O)N2CCC(c3nc(CCOCc4ccccc4)no3)C2)n1. The third kappa shape index (κ3) is 4.71. The molecule has 1 fully saturated rings. The molecule has 3 heterocycles. The summed E-state index contributed by atoms with van der Waals surface area (Å²) in [5.74, 6) is 1.25. The Kier molecular flexibility index (Phi) is 6.00. The number of carbonyl (C=O) groups is 1. The van der Waals surface area contributed by atoms with Gasteiger partial charge in [-0.05, 0) is 25.0 Å². The molecule has 0 aliphatic carbocycles. The van der Waals surface area contributed by atoms with Crippen LogP contribution < -0.4 is 0 Å². The maximum absolute atomic E-state index is 12.6. The zero-order valence-electron chi connectivity index (χ0n) is 16.5. The van der Waals surface area contributed by atoms with Crippen LogP contribution in [0, 0.1) is 0 Å². The first kappa shape index (κ1) is 19.3. The van der Waals surface area contributed by atoms with E-state index in [9.17, 15) is 4.79 Å². The van der Waals surface area contributed by atoms with E-state index in [1.165, 1.54) is 0 Å². The molecular weight excluding hydrogens is 370 g/mol. The van der Waals surface area contributed by atoms with Gasteiger partial charge in [-0.2, -0.15) is 10.1 Å². The van der Waals surface area contributed by atoms with E-state index in [1.807, 2.05) is 43.5 Å². The quantitative estimate of drug-likeness (QED) is 0.545. The minimum absolute atomic E-state index is 0.0475. The predicted octanol–water partition coefficient (Wildman–Crippen LogP) is 2.68. The van der Waals surface area contributed by atoms with Gasteiger partial charge in [0.25, 0.3) is 5.91 Å². The topological polar surface area (TPSA) is 86.3 Å². The highest BCUT2D eigenvalue weighted by Crippen LogP contribution is 2.27. The highest BCUT2D eigenvalue weighted by molar-refractivity contribution is 5.92. The second-order valence-electron chi connectivity index (χ2n) is 7.13. The molecule has 4 rings (SSSR count). The van der Waals surface area contributed by atoms with Crippen molar-refractivity contribution in [3.8, 4) is 0 Å². The summed E-state index contributed by atoms with van der Waals surface area (Å²) in [5, 5.41) is 8.36. The minimum Gasteiger partial charge on any atom is -0.376 e. The fourth-order valence-electron chi connectivity index (χ4n) is 3.42. The molecule has 1 aliphatic heterocycles. The normalized spacial score (nSPS) is 16.4. The van der Waals surface area contributed by atoms with Crippen molar-refractivity contribution in [3.63, 3.8) is 0 Å². The Morgan fingerprint density at radius 2 is 2.14 bits per heavy atom. The van der Waals surface area contributed by atoms with Crippen LogP contribution >= 0.6 is 0 Å². The van der Waals surface area contributed by atoms with Gasteiger partial charge in [0.2, 0.25) is 5.89 Å². The van der Waals surface area contributed by atoms with E-state index in [-0.39, 0.29) is 11.8 Å². The van der Waals surface area contributed by atoms with Crippen molar-refractivity contribution in [1.29, 1.82) is 0 Å². The number of aromatic nitrogens is 4. The van der Waals surface area contributed by atoms with Crippen molar-refractivity contribution in [2.24, 2.45) is 0 Å². The van der Waals surface area contributed by atoms with E-state index in [0.29, 0.717) is 50.1 Å². The van der Waals surface area contributed by atoms with Crippen molar-refractivity contribution in [2.45, 2.75) is 38.8 Å². The van der Waals surface area contributed by atoms with Crippen LogP contribution in [-0.4, -0.2) is 50.4 Å². The summed E-state index contributed by atoms with van der Waals surface area (Å²) in [7, 11) is 0. The van der Waals surface area contributed by atoms with Gasteiger partial charge in [-0.3, -0.25) is 9.48 Å². The van der Waals surface area contributed by atoms with E-state index < -0.39 is 0 Å². The molecule has 2 aromatic heterocycles.